The summed E-state index contributed by atoms with van der Waals surface area (Å²) in [5, 5.41) is 9.16. The number of carbonyl (C=O) groups is 1. The van der Waals surface area contributed by atoms with Gasteiger partial charge in [-0.25, -0.2) is 13.6 Å². The van der Waals surface area contributed by atoms with Crippen LogP contribution >= 0.6 is 0 Å². The van der Waals surface area contributed by atoms with Crippen molar-refractivity contribution in [1.29, 1.82) is 0 Å². The number of halogens is 2. The second-order valence-electron chi connectivity index (χ2n) is 7.46. The molecule has 9 heteroatoms. The van der Waals surface area contributed by atoms with Crippen LogP contribution in [-0.2, 0) is 6.54 Å². The van der Waals surface area contributed by atoms with E-state index in [0.29, 0.717) is 13.1 Å². The van der Waals surface area contributed by atoms with Gasteiger partial charge in [0, 0.05) is 31.4 Å². The van der Waals surface area contributed by atoms with Gasteiger partial charge in [-0.15, -0.1) is 0 Å². The van der Waals surface area contributed by atoms with Crippen molar-refractivity contribution in [2.24, 2.45) is 0 Å². The molecule has 1 fully saturated rings. The SMILES string of the molecule is COc1c(N2CC(C)N(C)C(C)C2)c(F)cc2c(=O)c(C(=O)O)cn(CCF)c12. The maximum absolute atomic E-state index is 15.2. The average molecular weight is 409 g/mol. The maximum atomic E-state index is 15.2. The highest BCUT2D eigenvalue weighted by atomic mass is 19.1. The lowest BCUT2D eigenvalue weighted by molar-refractivity contribution is 0.0694. The summed E-state index contributed by atoms with van der Waals surface area (Å²) in [5.74, 6) is -2.02. The molecule has 2 unspecified atom stereocenters. The fourth-order valence-corrected chi connectivity index (χ4v) is 3.98. The van der Waals surface area contributed by atoms with E-state index in [-0.39, 0.29) is 41.0 Å². The molecule has 0 aliphatic carbocycles. The average Bonchev–Trinajstić information content (AvgIpc) is 2.66. The first-order valence-corrected chi connectivity index (χ1v) is 9.41. The highest BCUT2D eigenvalue weighted by Crippen LogP contribution is 2.39. The van der Waals surface area contributed by atoms with Crippen molar-refractivity contribution in [3.8, 4) is 5.75 Å². The van der Waals surface area contributed by atoms with E-state index in [1.54, 1.807) is 0 Å². The molecule has 0 spiro atoms. The molecule has 0 bridgehead atoms. The van der Waals surface area contributed by atoms with Crippen LogP contribution in [0, 0.1) is 5.82 Å². The number of likely N-dealkylation sites (N-methyl/N-ethyl adjacent to an activating group) is 1. The van der Waals surface area contributed by atoms with Crippen LogP contribution in [-0.4, -0.2) is 66.5 Å². The van der Waals surface area contributed by atoms with Gasteiger partial charge in [0.25, 0.3) is 0 Å². The van der Waals surface area contributed by atoms with Gasteiger partial charge in [0.15, 0.2) is 11.6 Å². The molecule has 3 rings (SSSR count). The molecule has 0 radical (unpaired) electrons. The zero-order chi connectivity index (χ0) is 21.5. The van der Waals surface area contributed by atoms with Crippen LogP contribution in [0.25, 0.3) is 10.9 Å². The second-order valence-corrected chi connectivity index (χ2v) is 7.46. The minimum Gasteiger partial charge on any atom is -0.492 e. The molecule has 158 valence electrons. The summed E-state index contributed by atoms with van der Waals surface area (Å²) < 4.78 is 35.2. The summed E-state index contributed by atoms with van der Waals surface area (Å²) in [4.78, 5) is 28.1. The predicted octanol–water partition coefficient (Wildman–Crippen LogP) is 2.35. The lowest BCUT2D eigenvalue weighted by atomic mass is 10.0. The van der Waals surface area contributed by atoms with Crippen LogP contribution in [0.5, 0.6) is 5.75 Å². The van der Waals surface area contributed by atoms with E-state index in [4.69, 9.17) is 4.74 Å². The Balaban J connectivity index is 2.32. The van der Waals surface area contributed by atoms with Crippen LogP contribution in [0.15, 0.2) is 17.1 Å². The number of aryl methyl sites for hydroxylation is 1. The van der Waals surface area contributed by atoms with Crippen LogP contribution < -0.4 is 15.1 Å². The molecule has 0 amide bonds. The molecule has 7 nitrogen and oxygen atoms in total. The monoisotopic (exact) mass is 409 g/mol. The van der Waals surface area contributed by atoms with E-state index in [2.05, 4.69) is 4.90 Å². The molecule has 1 aliphatic rings. The van der Waals surface area contributed by atoms with E-state index in [0.717, 1.165) is 12.3 Å². The van der Waals surface area contributed by atoms with E-state index in [1.165, 1.54) is 11.7 Å². The standard InChI is InChI=1S/C20H25F2N3O4/c1-11-8-25(9-12(2)23(11)3)17-15(22)7-13-16(19(17)29-4)24(6-5-21)10-14(18(13)26)20(27)28/h7,10-12H,5-6,8-9H2,1-4H3,(H,27,28). The Morgan fingerprint density at radius 2 is 1.93 bits per heavy atom. The first kappa shape index (κ1) is 21.0. The molecule has 2 aromatic rings. The number of pyridine rings is 1. The topological polar surface area (TPSA) is 75.0 Å². The van der Waals surface area contributed by atoms with Gasteiger partial charge in [-0.05, 0) is 27.0 Å². The third kappa shape index (κ3) is 3.55. The number of rotatable bonds is 5. The Hall–Kier alpha value is -2.68. The summed E-state index contributed by atoms with van der Waals surface area (Å²) in [7, 11) is 3.36. The van der Waals surface area contributed by atoms with Crippen LogP contribution in [0.3, 0.4) is 0 Å². The van der Waals surface area contributed by atoms with E-state index < -0.39 is 29.5 Å². The number of hydrogen-bond donors (Lipinski definition) is 1. The number of nitrogens with zero attached hydrogens (tertiary/aromatic N) is 3. The number of ether oxygens (including phenoxy) is 1. The van der Waals surface area contributed by atoms with Crippen molar-refractivity contribution < 1.29 is 23.4 Å². The maximum Gasteiger partial charge on any atom is 0.341 e. The van der Waals surface area contributed by atoms with Gasteiger partial charge in [-0.1, -0.05) is 0 Å². The minimum absolute atomic E-state index is 0.103. The number of aromatic carboxylic acids is 1. The molecule has 1 saturated heterocycles. The van der Waals surface area contributed by atoms with Gasteiger partial charge in [0.2, 0.25) is 5.43 Å². The number of carboxylic acid groups (broad SMARTS) is 1. The van der Waals surface area contributed by atoms with Crippen molar-refractivity contribution in [3.63, 3.8) is 0 Å². The number of aromatic nitrogens is 1. The van der Waals surface area contributed by atoms with Gasteiger partial charge in [0.05, 0.1) is 24.6 Å². The Bertz CT molecular complexity index is 996. The fraction of sp³-hybridized carbons (Fsp3) is 0.500. The Morgan fingerprint density at radius 3 is 2.45 bits per heavy atom. The smallest absolute Gasteiger partial charge is 0.341 e. The molecule has 2 atom stereocenters. The summed E-state index contributed by atoms with van der Waals surface area (Å²) in [5.41, 5.74) is -0.980. The molecule has 29 heavy (non-hydrogen) atoms. The molecule has 1 aromatic carbocycles. The van der Waals surface area contributed by atoms with Crippen molar-refractivity contribution in [2.45, 2.75) is 32.5 Å². The first-order valence-electron chi connectivity index (χ1n) is 9.41. The molecular weight excluding hydrogens is 384 g/mol. The van der Waals surface area contributed by atoms with Crippen molar-refractivity contribution in [2.75, 3.05) is 38.8 Å². The normalized spacial score (nSPS) is 20.3. The lowest BCUT2D eigenvalue weighted by Crippen LogP contribution is -2.55. The third-order valence-electron chi connectivity index (χ3n) is 5.68. The zero-order valence-electron chi connectivity index (χ0n) is 16.9. The van der Waals surface area contributed by atoms with Gasteiger partial charge >= 0.3 is 5.97 Å². The number of anilines is 1. The molecule has 2 heterocycles. The minimum atomic E-state index is -1.45. The summed E-state index contributed by atoms with van der Waals surface area (Å²) in [6.07, 6.45) is 1.09. The lowest BCUT2D eigenvalue weighted by Gasteiger charge is -2.44. The molecule has 1 aliphatic heterocycles. The molecule has 1 N–H and O–H groups in total. The third-order valence-corrected chi connectivity index (χ3v) is 5.68. The number of alkyl halides is 1. The van der Waals surface area contributed by atoms with Crippen molar-refractivity contribution >= 4 is 22.6 Å². The molecular formula is C20H25F2N3O4. The molecule has 1 aromatic heterocycles. The number of fused-ring (bicyclic) bond motifs is 1. The number of carboxylic acids is 1. The van der Waals surface area contributed by atoms with E-state index in [9.17, 15) is 19.1 Å². The number of hydrogen-bond acceptors (Lipinski definition) is 5. The van der Waals surface area contributed by atoms with Gasteiger partial charge in [0.1, 0.15) is 17.9 Å². The number of piperazine rings is 1. The van der Waals surface area contributed by atoms with Crippen LogP contribution in [0.2, 0.25) is 0 Å². The van der Waals surface area contributed by atoms with Crippen molar-refractivity contribution in [3.05, 3.63) is 33.9 Å². The number of methoxy groups -OCH3 is 1. The second kappa shape index (κ2) is 7.98. The Kier molecular flexibility index (Phi) is 5.79. The predicted molar refractivity (Wildman–Crippen MR) is 107 cm³/mol. The zero-order valence-corrected chi connectivity index (χ0v) is 16.9. The fourth-order valence-electron chi connectivity index (χ4n) is 3.98. The Morgan fingerprint density at radius 1 is 1.31 bits per heavy atom. The quantitative estimate of drug-likeness (QED) is 0.817. The van der Waals surface area contributed by atoms with Crippen LogP contribution in [0.1, 0.15) is 24.2 Å². The Labute approximate surface area is 167 Å². The van der Waals surface area contributed by atoms with Gasteiger partial charge in [-0.2, -0.15) is 0 Å². The van der Waals surface area contributed by atoms with Crippen molar-refractivity contribution in [1.82, 2.24) is 9.47 Å². The highest BCUT2D eigenvalue weighted by Gasteiger charge is 2.32. The van der Waals surface area contributed by atoms with Crippen LogP contribution in [0.4, 0.5) is 14.5 Å². The first-order chi connectivity index (χ1) is 13.7. The van der Waals surface area contributed by atoms with E-state index >= 15 is 4.39 Å². The molecule has 0 saturated carbocycles. The summed E-state index contributed by atoms with van der Waals surface area (Å²) in [6.45, 7) is 4.18. The van der Waals surface area contributed by atoms with Gasteiger partial charge < -0.3 is 19.3 Å². The van der Waals surface area contributed by atoms with Gasteiger partial charge in [-0.3, -0.25) is 9.69 Å². The van der Waals surface area contributed by atoms with E-state index in [1.807, 2.05) is 25.8 Å². The largest absolute Gasteiger partial charge is 0.492 e. The summed E-state index contributed by atoms with van der Waals surface area (Å²) in [6, 6.07) is 1.34. The highest BCUT2D eigenvalue weighted by molar-refractivity contribution is 5.97. The summed E-state index contributed by atoms with van der Waals surface area (Å²) >= 11 is 0. The number of benzene rings is 1.